The number of carbonyl (C=O) groups excluding carboxylic acids is 1. The zero-order chi connectivity index (χ0) is 20.7. The van der Waals surface area contributed by atoms with Gasteiger partial charge in [0.25, 0.3) is 0 Å². The molecule has 0 saturated heterocycles. The molecule has 2 aromatic rings. The first kappa shape index (κ1) is 20.8. The van der Waals surface area contributed by atoms with E-state index in [-0.39, 0.29) is 11.5 Å². The zero-order valence-electron chi connectivity index (χ0n) is 15.9. The van der Waals surface area contributed by atoms with Crippen LogP contribution in [0.2, 0.25) is 0 Å². The van der Waals surface area contributed by atoms with Crippen molar-refractivity contribution in [3.05, 3.63) is 66.2 Å². The number of carboxylic acid groups (broad SMARTS) is 1. The number of nitrogens with one attached hydrogen (secondary N) is 1. The number of methoxy groups -OCH3 is 1. The average Bonchev–Trinajstić information content (AvgIpc) is 2.65. The van der Waals surface area contributed by atoms with Crippen LogP contribution in [0, 0.1) is 5.41 Å². The van der Waals surface area contributed by atoms with Crippen molar-refractivity contribution in [3.63, 3.8) is 0 Å². The first-order chi connectivity index (χ1) is 13.2. The lowest BCUT2D eigenvalue weighted by Crippen LogP contribution is -2.27. The molecule has 0 aliphatic heterocycles. The summed E-state index contributed by atoms with van der Waals surface area (Å²) in [5, 5.41) is 21.7. The van der Waals surface area contributed by atoms with Crippen molar-refractivity contribution >= 4 is 17.7 Å². The minimum atomic E-state index is -1.11. The highest BCUT2D eigenvalue weighted by Gasteiger charge is 2.33. The SMILES string of the molecule is COc1ccc([C@H](OC(=O)Nc2ccccc2)C(C)(C)/C=C/C(=O)O)cc1O. The number of phenols is 1. The summed E-state index contributed by atoms with van der Waals surface area (Å²) in [7, 11) is 1.43. The Bertz CT molecular complexity index is 860. The predicted molar refractivity (Wildman–Crippen MR) is 105 cm³/mol. The van der Waals surface area contributed by atoms with Crippen LogP contribution < -0.4 is 10.1 Å². The summed E-state index contributed by atoms with van der Waals surface area (Å²) in [4.78, 5) is 23.4. The maximum absolute atomic E-state index is 12.4. The number of para-hydroxylation sites is 1. The van der Waals surface area contributed by atoms with Crippen LogP contribution in [0.1, 0.15) is 25.5 Å². The number of benzene rings is 2. The van der Waals surface area contributed by atoms with Crippen LogP contribution in [0.4, 0.5) is 10.5 Å². The number of phenolic OH excluding ortho intramolecular Hbond substituents is 1. The number of amides is 1. The Morgan fingerprint density at radius 1 is 1.14 bits per heavy atom. The second-order valence-electron chi connectivity index (χ2n) is 6.70. The Morgan fingerprint density at radius 2 is 1.82 bits per heavy atom. The Morgan fingerprint density at radius 3 is 2.39 bits per heavy atom. The number of anilines is 1. The minimum Gasteiger partial charge on any atom is -0.504 e. The van der Waals surface area contributed by atoms with Crippen molar-refractivity contribution in [3.8, 4) is 11.5 Å². The van der Waals surface area contributed by atoms with Crippen LogP contribution in [-0.4, -0.2) is 29.4 Å². The van der Waals surface area contributed by atoms with Crippen molar-refractivity contribution in [2.45, 2.75) is 20.0 Å². The van der Waals surface area contributed by atoms with E-state index < -0.39 is 23.6 Å². The minimum absolute atomic E-state index is 0.116. The van der Waals surface area contributed by atoms with Crippen LogP contribution in [0.3, 0.4) is 0 Å². The molecule has 7 nitrogen and oxygen atoms in total. The summed E-state index contributed by atoms with van der Waals surface area (Å²) in [6, 6.07) is 13.4. The summed E-state index contributed by atoms with van der Waals surface area (Å²) in [5.74, 6) is -0.955. The molecule has 0 heterocycles. The van der Waals surface area contributed by atoms with Gasteiger partial charge in [0.05, 0.1) is 7.11 Å². The number of ether oxygens (including phenoxy) is 2. The van der Waals surface area contributed by atoms with E-state index in [1.807, 2.05) is 6.07 Å². The standard InChI is InChI=1S/C21H23NO6/c1-21(2,12-11-18(24)25)19(14-9-10-17(27-3)16(23)13-14)28-20(26)22-15-7-5-4-6-8-15/h4-13,19,23H,1-3H3,(H,22,26)(H,24,25)/b12-11+/t19-/m0/s1. The fourth-order valence-corrected chi connectivity index (χ4v) is 2.67. The largest absolute Gasteiger partial charge is 0.504 e. The van der Waals surface area contributed by atoms with Crippen molar-refractivity contribution < 1.29 is 29.3 Å². The van der Waals surface area contributed by atoms with Gasteiger partial charge in [-0.3, -0.25) is 5.32 Å². The molecule has 0 aliphatic carbocycles. The molecule has 2 rings (SSSR count). The molecule has 2 aromatic carbocycles. The molecular formula is C21H23NO6. The van der Waals surface area contributed by atoms with Gasteiger partial charge in [0, 0.05) is 17.2 Å². The fourth-order valence-electron chi connectivity index (χ4n) is 2.67. The summed E-state index contributed by atoms with van der Waals surface area (Å²) < 4.78 is 10.7. The molecule has 0 fully saturated rings. The third kappa shape index (κ3) is 5.51. The van der Waals surface area contributed by atoms with Crippen molar-refractivity contribution in [1.29, 1.82) is 0 Å². The molecule has 0 bridgehead atoms. The monoisotopic (exact) mass is 385 g/mol. The van der Waals surface area contributed by atoms with Gasteiger partial charge in [-0.15, -0.1) is 0 Å². The fraction of sp³-hybridized carbons (Fsp3) is 0.238. The number of aromatic hydroxyl groups is 1. The Labute approximate surface area is 163 Å². The van der Waals surface area contributed by atoms with Gasteiger partial charge in [-0.2, -0.15) is 0 Å². The van der Waals surface area contributed by atoms with Crippen molar-refractivity contribution in [2.75, 3.05) is 12.4 Å². The van der Waals surface area contributed by atoms with Gasteiger partial charge in [0.1, 0.15) is 6.10 Å². The van der Waals surface area contributed by atoms with Gasteiger partial charge in [0.2, 0.25) is 0 Å². The number of rotatable bonds is 7. The van der Waals surface area contributed by atoms with Gasteiger partial charge >= 0.3 is 12.1 Å². The highest BCUT2D eigenvalue weighted by molar-refractivity contribution is 5.84. The lowest BCUT2D eigenvalue weighted by Gasteiger charge is -2.31. The van der Waals surface area contributed by atoms with Crippen LogP contribution in [-0.2, 0) is 9.53 Å². The summed E-state index contributed by atoms with van der Waals surface area (Å²) in [6.45, 7) is 3.46. The Hall–Kier alpha value is -3.48. The maximum Gasteiger partial charge on any atom is 0.412 e. The maximum atomic E-state index is 12.4. The summed E-state index contributed by atoms with van der Waals surface area (Å²) in [6.07, 6.45) is 0.860. The van der Waals surface area contributed by atoms with E-state index in [0.717, 1.165) is 6.08 Å². The van der Waals surface area contributed by atoms with E-state index in [1.54, 1.807) is 50.2 Å². The number of aliphatic carboxylic acids is 1. The second kappa shape index (κ2) is 8.94. The van der Waals surface area contributed by atoms with Gasteiger partial charge < -0.3 is 19.7 Å². The lowest BCUT2D eigenvalue weighted by atomic mass is 9.82. The molecule has 1 amide bonds. The molecule has 0 aromatic heterocycles. The van der Waals surface area contributed by atoms with Gasteiger partial charge in [0.15, 0.2) is 11.5 Å². The molecule has 0 radical (unpaired) electrons. The second-order valence-corrected chi connectivity index (χ2v) is 6.70. The molecule has 3 N–H and O–H groups in total. The lowest BCUT2D eigenvalue weighted by molar-refractivity contribution is -0.131. The number of carbonyl (C=O) groups is 2. The first-order valence-corrected chi connectivity index (χ1v) is 8.54. The van der Waals surface area contributed by atoms with Gasteiger partial charge in [-0.25, -0.2) is 9.59 Å². The van der Waals surface area contributed by atoms with E-state index in [4.69, 9.17) is 14.6 Å². The highest BCUT2D eigenvalue weighted by atomic mass is 16.6. The van der Waals surface area contributed by atoms with Crippen molar-refractivity contribution in [1.82, 2.24) is 0 Å². The molecule has 148 valence electrons. The predicted octanol–water partition coefficient (Wildman–Crippen LogP) is 4.36. The third-order valence-corrected chi connectivity index (χ3v) is 4.08. The van der Waals surface area contributed by atoms with Crippen LogP contribution >= 0.6 is 0 Å². The molecule has 0 aliphatic rings. The number of hydrogen-bond donors (Lipinski definition) is 3. The zero-order valence-corrected chi connectivity index (χ0v) is 15.9. The molecule has 1 atom stereocenters. The topological polar surface area (TPSA) is 105 Å². The Kier molecular flexibility index (Phi) is 6.65. The molecular weight excluding hydrogens is 362 g/mol. The van der Waals surface area contributed by atoms with E-state index in [0.29, 0.717) is 11.3 Å². The van der Waals surface area contributed by atoms with E-state index >= 15 is 0 Å². The molecule has 28 heavy (non-hydrogen) atoms. The number of hydrogen-bond acceptors (Lipinski definition) is 5. The van der Waals surface area contributed by atoms with Gasteiger partial charge in [-0.05, 0) is 29.8 Å². The smallest absolute Gasteiger partial charge is 0.412 e. The quantitative estimate of drug-likeness (QED) is 0.612. The van der Waals surface area contributed by atoms with Crippen molar-refractivity contribution in [2.24, 2.45) is 5.41 Å². The summed E-state index contributed by atoms with van der Waals surface area (Å²) >= 11 is 0. The van der Waals surface area contributed by atoms with Crippen LogP contribution in [0.5, 0.6) is 11.5 Å². The first-order valence-electron chi connectivity index (χ1n) is 8.54. The molecule has 0 unspecified atom stereocenters. The normalized spacial score (nSPS) is 12.4. The average molecular weight is 385 g/mol. The molecule has 0 saturated carbocycles. The molecule has 0 spiro atoms. The van der Waals surface area contributed by atoms with E-state index in [9.17, 15) is 14.7 Å². The molecule has 7 heteroatoms. The van der Waals surface area contributed by atoms with Gasteiger partial charge in [-0.1, -0.05) is 44.2 Å². The van der Waals surface area contributed by atoms with Crippen LogP contribution in [0.25, 0.3) is 0 Å². The van der Waals surface area contributed by atoms with E-state index in [1.165, 1.54) is 19.3 Å². The number of carboxylic acids is 1. The summed E-state index contributed by atoms with van der Waals surface area (Å²) in [5.41, 5.74) is 0.164. The van der Waals surface area contributed by atoms with Crippen LogP contribution in [0.15, 0.2) is 60.7 Å². The third-order valence-electron chi connectivity index (χ3n) is 4.08. The van der Waals surface area contributed by atoms with E-state index in [2.05, 4.69) is 5.32 Å². The Balaban J connectivity index is 2.34. The highest BCUT2D eigenvalue weighted by Crippen LogP contribution is 2.41.